The molecule has 1 heterocycles. The van der Waals surface area contributed by atoms with Gasteiger partial charge in [-0.25, -0.2) is 4.79 Å². The zero-order chi connectivity index (χ0) is 20.9. The fourth-order valence-corrected chi connectivity index (χ4v) is 3.84. The molecule has 0 aliphatic heterocycles. The summed E-state index contributed by atoms with van der Waals surface area (Å²) < 4.78 is 10.3. The second-order valence-corrected chi connectivity index (χ2v) is 8.36. The van der Waals surface area contributed by atoms with Crippen LogP contribution in [0.2, 0.25) is 0 Å². The summed E-state index contributed by atoms with van der Waals surface area (Å²) in [5, 5.41) is 10.4. The lowest BCUT2D eigenvalue weighted by Gasteiger charge is -2.39. The van der Waals surface area contributed by atoms with Crippen LogP contribution in [0.4, 0.5) is 0 Å². The number of nitrogens with zero attached hydrogens (tertiary/aromatic N) is 2. The second kappa shape index (κ2) is 9.20. The summed E-state index contributed by atoms with van der Waals surface area (Å²) in [6.45, 7) is 6.61. The largest absolute Gasteiger partial charge is 0.452 e. The highest BCUT2D eigenvalue weighted by Crippen LogP contribution is 2.40. The predicted molar refractivity (Wildman–Crippen MR) is 108 cm³/mol. The SMILES string of the molecule is CCC(C)(C)C1CCC(NC(=O)COC(=O)c2ccc(-c3nnco3)cc2)CC1. The molecule has 156 valence electrons. The molecule has 1 N–H and O–H groups in total. The fourth-order valence-electron chi connectivity index (χ4n) is 3.84. The van der Waals surface area contributed by atoms with E-state index in [2.05, 4.69) is 36.3 Å². The molecule has 7 nitrogen and oxygen atoms in total. The van der Waals surface area contributed by atoms with Gasteiger partial charge in [-0.3, -0.25) is 4.79 Å². The second-order valence-electron chi connectivity index (χ2n) is 8.36. The molecule has 0 atom stereocenters. The molecule has 1 amide bonds. The summed E-state index contributed by atoms with van der Waals surface area (Å²) in [6, 6.07) is 6.77. The van der Waals surface area contributed by atoms with Crippen molar-refractivity contribution in [3.8, 4) is 11.5 Å². The minimum absolute atomic E-state index is 0.166. The lowest BCUT2D eigenvalue weighted by molar-refractivity contribution is -0.125. The Labute approximate surface area is 171 Å². The summed E-state index contributed by atoms with van der Waals surface area (Å²) in [4.78, 5) is 24.3. The molecule has 7 heteroatoms. The number of carbonyl (C=O) groups is 2. The third-order valence-corrected chi connectivity index (χ3v) is 6.17. The Bertz CT molecular complexity index is 807. The van der Waals surface area contributed by atoms with Crippen LogP contribution in [0.25, 0.3) is 11.5 Å². The van der Waals surface area contributed by atoms with Crippen molar-refractivity contribution in [2.45, 2.75) is 58.9 Å². The van der Waals surface area contributed by atoms with Gasteiger partial charge in [-0.1, -0.05) is 27.2 Å². The van der Waals surface area contributed by atoms with Gasteiger partial charge in [0.25, 0.3) is 5.91 Å². The van der Waals surface area contributed by atoms with E-state index in [1.54, 1.807) is 24.3 Å². The number of ether oxygens (including phenoxy) is 1. The average Bonchev–Trinajstić information content (AvgIpc) is 3.27. The van der Waals surface area contributed by atoms with Gasteiger partial charge < -0.3 is 14.5 Å². The van der Waals surface area contributed by atoms with Gasteiger partial charge in [0.1, 0.15) is 0 Å². The molecule has 2 aromatic rings. The molecular weight excluding hydrogens is 370 g/mol. The van der Waals surface area contributed by atoms with E-state index in [0.717, 1.165) is 25.7 Å². The summed E-state index contributed by atoms with van der Waals surface area (Å²) in [6.07, 6.45) is 6.61. The molecule has 0 spiro atoms. The number of carbonyl (C=O) groups excluding carboxylic acids is 2. The molecule has 29 heavy (non-hydrogen) atoms. The summed E-state index contributed by atoms with van der Waals surface area (Å²) in [7, 11) is 0. The van der Waals surface area contributed by atoms with Gasteiger partial charge in [-0.2, -0.15) is 0 Å². The van der Waals surface area contributed by atoms with E-state index in [1.807, 2.05) is 0 Å². The molecule has 0 unspecified atom stereocenters. The molecule has 1 aliphatic rings. The van der Waals surface area contributed by atoms with Crippen LogP contribution < -0.4 is 5.32 Å². The van der Waals surface area contributed by atoms with Crippen molar-refractivity contribution >= 4 is 11.9 Å². The number of hydrogen-bond donors (Lipinski definition) is 1. The topological polar surface area (TPSA) is 94.3 Å². The molecule has 1 aliphatic carbocycles. The Morgan fingerprint density at radius 2 is 1.86 bits per heavy atom. The Morgan fingerprint density at radius 3 is 2.45 bits per heavy atom. The quantitative estimate of drug-likeness (QED) is 0.707. The molecule has 0 radical (unpaired) electrons. The van der Waals surface area contributed by atoms with Crippen molar-refractivity contribution in [1.82, 2.24) is 15.5 Å². The molecule has 1 saturated carbocycles. The van der Waals surface area contributed by atoms with Crippen molar-refractivity contribution in [2.75, 3.05) is 6.61 Å². The van der Waals surface area contributed by atoms with Crippen LogP contribution in [0.15, 0.2) is 35.1 Å². The molecule has 0 saturated heterocycles. The first-order chi connectivity index (χ1) is 13.9. The average molecular weight is 399 g/mol. The molecule has 1 fully saturated rings. The first-order valence-corrected chi connectivity index (χ1v) is 10.2. The van der Waals surface area contributed by atoms with E-state index in [-0.39, 0.29) is 18.6 Å². The van der Waals surface area contributed by atoms with E-state index in [9.17, 15) is 9.59 Å². The van der Waals surface area contributed by atoms with Crippen molar-refractivity contribution in [3.63, 3.8) is 0 Å². The number of amides is 1. The lowest BCUT2D eigenvalue weighted by atomic mass is 9.69. The molecule has 1 aromatic heterocycles. The van der Waals surface area contributed by atoms with Gasteiger partial charge >= 0.3 is 5.97 Å². The van der Waals surface area contributed by atoms with Gasteiger partial charge in [-0.15, -0.1) is 10.2 Å². The van der Waals surface area contributed by atoms with Gasteiger partial charge in [-0.05, 0) is 61.3 Å². The third kappa shape index (κ3) is 5.43. The van der Waals surface area contributed by atoms with E-state index >= 15 is 0 Å². The zero-order valence-electron chi connectivity index (χ0n) is 17.3. The highest BCUT2D eigenvalue weighted by atomic mass is 16.5. The molecule has 3 rings (SSSR count). The van der Waals surface area contributed by atoms with Crippen LogP contribution in [0, 0.1) is 11.3 Å². The van der Waals surface area contributed by atoms with Crippen molar-refractivity contribution in [3.05, 3.63) is 36.2 Å². The van der Waals surface area contributed by atoms with Crippen LogP contribution >= 0.6 is 0 Å². The maximum atomic E-state index is 12.2. The highest BCUT2D eigenvalue weighted by Gasteiger charge is 2.32. The van der Waals surface area contributed by atoms with Gasteiger partial charge in [0, 0.05) is 11.6 Å². The number of esters is 1. The first kappa shape index (κ1) is 21.0. The monoisotopic (exact) mass is 399 g/mol. The zero-order valence-corrected chi connectivity index (χ0v) is 17.3. The minimum Gasteiger partial charge on any atom is -0.452 e. The van der Waals surface area contributed by atoms with E-state index < -0.39 is 5.97 Å². The van der Waals surface area contributed by atoms with Crippen LogP contribution in [0.5, 0.6) is 0 Å². The molecular formula is C22H29N3O4. The fraction of sp³-hybridized carbons (Fsp3) is 0.545. The lowest BCUT2D eigenvalue weighted by Crippen LogP contribution is -2.41. The number of hydrogen-bond acceptors (Lipinski definition) is 6. The first-order valence-electron chi connectivity index (χ1n) is 10.2. The van der Waals surface area contributed by atoms with Crippen molar-refractivity contribution in [2.24, 2.45) is 11.3 Å². The number of nitrogens with one attached hydrogen (secondary N) is 1. The smallest absolute Gasteiger partial charge is 0.338 e. The number of benzene rings is 1. The van der Waals surface area contributed by atoms with E-state index in [4.69, 9.17) is 9.15 Å². The van der Waals surface area contributed by atoms with Crippen LogP contribution in [-0.2, 0) is 9.53 Å². The maximum absolute atomic E-state index is 12.2. The normalized spacial score (nSPS) is 19.6. The minimum atomic E-state index is -0.536. The molecule has 1 aromatic carbocycles. The van der Waals surface area contributed by atoms with E-state index in [1.165, 1.54) is 12.8 Å². The Hall–Kier alpha value is -2.70. The third-order valence-electron chi connectivity index (χ3n) is 6.17. The standard InChI is InChI=1S/C22H29N3O4/c1-4-22(2,3)17-9-11-18(12-10-17)24-19(26)13-28-21(27)16-7-5-15(6-8-16)20-25-23-14-29-20/h5-8,14,17-18H,4,9-13H2,1-3H3,(H,24,26). The summed E-state index contributed by atoms with van der Waals surface area (Å²) in [5.74, 6) is 0.291. The maximum Gasteiger partial charge on any atom is 0.338 e. The Morgan fingerprint density at radius 1 is 1.17 bits per heavy atom. The van der Waals surface area contributed by atoms with Gasteiger partial charge in [0.05, 0.1) is 5.56 Å². The van der Waals surface area contributed by atoms with Crippen LogP contribution in [-0.4, -0.2) is 34.7 Å². The Kier molecular flexibility index (Phi) is 6.67. The number of aromatic nitrogens is 2. The summed E-state index contributed by atoms with van der Waals surface area (Å²) in [5.41, 5.74) is 1.42. The molecule has 0 bridgehead atoms. The summed E-state index contributed by atoms with van der Waals surface area (Å²) >= 11 is 0. The Balaban J connectivity index is 1.42. The van der Waals surface area contributed by atoms with Crippen LogP contribution in [0.1, 0.15) is 63.2 Å². The number of rotatable bonds is 7. The van der Waals surface area contributed by atoms with Crippen molar-refractivity contribution < 1.29 is 18.7 Å². The van der Waals surface area contributed by atoms with Crippen LogP contribution in [0.3, 0.4) is 0 Å². The predicted octanol–water partition coefficient (Wildman–Crippen LogP) is 4.00. The van der Waals surface area contributed by atoms with Gasteiger partial charge in [0.15, 0.2) is 6.61 Å². The van der Waals surface area contributed by atoms with Crippen molar-refractivity contribution in [1.29, 1.82) is 0 Å². The highest BCUT2D eigenvalue weighted by molar-refractivity contribution is 5.91. The van der Waals surface area contributed by atoms with E-state index in [0.29, 0.717) is 28.4 Å². The van der Waals surface area contributed by atoms with Gasteiger partial charge in [0.2, 0.25) is 12.3 Å².